The van der Waals surface area contributed by atoms with E-state index in [9.17, 15) is 4.79 Å². The van der Waals surface area contributed by atoms with Gasteiger partial charge in [-0.15, -0.1) is 10.2 Å². The summed E-state index contributed by atoms with van der Waals surface area (Å²) in [6.45, 7) is 5.79. The third-order valence-corrected chi connectivity index (χ3v) is 4.80. The van der Waals surface area contributed by atoms with Crippen molar-refractivity contribution in [2.45, 2.75) is 37.2 Å². The van der Waals surface area contributed by atoms with Crippen LogP contribution in [-0.4, -0.2) is 32.0 Å². The first-order valence-corrected chi connectivity index (χ1v) is 9.47. The van der Waals surface area contributed by atoms with Gasteiger partial charge in [-0.05, 0) is 32.9 Å². The van der Waals surface area contributed by atoms with Gasteiger partial charge in [0.2, 0.25) is 5.91 Å². The first-order valence-electron chi connectivity index (χ1n) is 8.59. The van der Waals surface area contributed by atoms with Gasteiger partial charge in [0, 0.05) is 17.3 Å². The Hall–Kier alpha value is -2.60. The van der Waals surface area contributed by atoms with Gasteiger partial charge in [0.05, 0.1) is 5.25 Å². The Labute approximate surface area is 157 Å². The molecule has 0 aliphatic heterocycles. The van der Waals surface area contributed by atoms with Crippen LogP contribution in [0.15, 0.2) is 65.8 Å². The molecule has 0 saturated carbocycles. The highest BCUT2D eigenvalue weighted by Gasteiger charge is 2.22. The number of hydrogen-bond donors (Lipinski definition) is 1. The van der Waals surface area contributed by atoms with E-state index in [-0.39, 0.29) is 17.2 Å². The maximum Gasteiger partial charge on any atom is 0.233 e. The molecule has 5 nitrogen and oxygen atoms in total. The first-order chi connectivity index (χ1) is 12.6. The quantitative estimate of drug-likeness (QED) is 0.671. The molecular formula is C20H22N4OS. The molecule has 1 aromatic heterocycles. The van der Waals surface area contributed by atoms with Crippen LogP contribution < -0.4 is 5.32 Å². The zero-order valence-electron chi connectivity index (χ0n) is 15.1. The maximum atomic E-state index is 12.3. The van der Waals surface area contributed by atoms with Gasteiger partial charge in [0.25, 0.3) is 0 Å². The molecule has 134 valence electrons. The molecule has 1 atom stereocenters. The zero-order valence-corrected chi connectivity index (χ0v) is 15.9. The average molecular weight is 366 g/mol. The van der Waals surface area contributed by atoms with Gasteiger partial charge in [0.1, 0.15) is 0 Å². The highest BCUT2D eigenvalue weighted by Crippen LogP contribution is 2.30. The molecule has 1 N–H and O–H groups in total. The van der Waals surface area contributed by atoms with Gasteiger partial charge >= 0.3 is 0 Å². The smallest absolute Gasteiger partial charge is 0.233 e. The van der Waals surface area contributed by atoms with E-state index in [0.717, 1.165) is 17.1 Å². The number of thioether (sulfide) groups is 1. The summed E-state index contributed by atoms with van der Waals surface area (Å²) in [5.41, 5.74) is 1.95. The minimum Gasteiger partial charge on any atom is -0.353 e. The number of amides is 1. The van der Waals surface area contributed by atoms with Crippen LogP contribution in [-0.2, 0) is 4.79 Å². The third kappa shape index (κ3) is 4.14. The molecular weight excluding hydrogens is 344 g/mol. The van der Waals surface area contributed by atoms with Gasteiger partial charge in [-0.2, -0.15) is 0 Å². The van der Waals surface area contributed by atoms with Crippen molar-refractivity contribution in [3.05, 3.63) is 60.7 Å². The van der Waals surface area contributed by atoms with E-state index < -0.39 is 0 Å². The molecule has 3 aromatic rings. The van der Waals surface area contributed by atoms with Crippen LogP contribution in [0.5, 0.6) is 0 Å². The van der Waals surface area contributed by atoms with Crippen LogP contribution >= 0.6 is 11.8 Å². The number of nitrogens with one attached hydrogen (secondary N) is 1. The largest absolute Gasteiger partial charge is 0.353 e. The standard InChI is InChI=1S/C20H22N4OS/c1-14(2)21-19(25)15(3)26-20-23-22-18(16-10-6-4-7-11-16)24(20)17-12-8-5-9-13-17/h4-15H,1-3H3,(H,21,25). The highest BCUT2D eigenvalue weighted by atomic mass is 32.2. The Balaban J connectivity index is 1.98. The molecule has 0 saturated heterocycles. The predicted molar refractivity (Wildman–Crippen MR) is 105 cm³/mol. The van der Waals surface area contributed by atoms with Gasteiger partial charge in [0.15, 0.2) is 11.0 Å². The number of nitrogens with zero attached hydrogens (tertiary/aromatic N) is 3. The number of carbonyl (C=O) groups is 1. The van der Waals surface area contributed by atoms with E-state index in [4.69, 9.17) is 0 Å². The fraction of sp³-hybridized carbons (Fsp3) is 0.250. The van der Waals surface area contributed by atoms with Crippen molar-refractivity contribution in [1.29, 1.82) is 0 Å². The minimum atomic E-state index is -0.271. The van der Waals surface area contributed by atoms with Crippen LogP contribution in [0.3, 0.4) is 0 Å². The monoisotopic (exact) mass is 366 g/mol. The lowest BCUT2D eigenvalue weighted by Gasteiger charge is -2.15. The Morgan fingerprint density at radius 2 is 1.58 bits per heavy atom. The summed E-state index contributed by atoms with van der Waals surface area (Å²) < 4.78 is 2.00. The van der Waals surface area contributed by atoms with E-state index in [0.29, 0.717) is 5.16 Å². The molecule has 1 amide bonds. The van der Waals surface area contributed by atoms with Crippen LogP contribution in [0.25, 0.3) is 17.1 Å². The molecule has 0 aliphatic rings. The summed E-state index contributed by atoms with van der Waals surface area (Å²) in [5.74, 6) is 0.754. The SMILES string of the molecule is CC(C)NC(=O)C(C)Sc1nnc(-c2ccccc2)n1-c1ccccc1. The Morgan fingerprint density at radius 1 is 0.962 bits per heavy atom. The van der Waals surface area contributed by atoms with E-state index in [1.807, 2.05) is 86.0 Å². The second-order valence-electron chi connectivity index (χ2n) is 6.27. The molecule has 0 fully saturated rings. The van der Waals surface area contributed by atoms with Gasteiger partial charge in [-0.3, -0.25) is 9.36 Å². The lowest BCUT2D eigenvalue weighted by Crippen LogP contribution is -2.36. The van der Waals surface area contributed by atoms with Crippen molar-refractivity contribution >= 4 is 17.7 Å². The van der Waals surface area contributed by atoms with E-state index in [1.165, 1.54) is 11.8 Å². The first kappa shape index (κ1) is 18.2. The van der Waals surface area contributed by atoms with Gasteiger partial charge in [-0.1, -0.05) is 60.3 Å². The second-order valence-corrected chi connectivity index (χ2v) is 7.57. The molecule has 0 bridgehead atoms. The lowest BCUT2D eigenvalue weighted by atomic mass is 10.2. The van der Waals surface area contributed by atoms with Gasteiger partial charge in [-0.25, -0.2) is 0 Å². The molecule has 1 heterocycles. The normalized spacial score (nSPS) is 12.2. The van der Waals surface area contributed by atoms with Crippen molar-refractivity contribution in [2.75, 3.05) is 0 Å². The number of carbonyl (C=O) groups excluding carboxylic acids is 1. The summed E-state index contributed by atoms with van der Waals surface area (Å²) in [4.78, 5) is 12.3. The molecule has 3 rings (SSSR count). The Morgan fingerprint density at radius 3 is 2.19 bits per heavy atom. The second kappa shape index (κ2) is 8.19. The van der Waals surface area contributed by atoms with Crippen molar-refractivity contribution in [3.8, 4) is 17.1 Å². The zero-order chi connectivity index (χ0) is 18.5. The molecule has 26 heavy (non-hydrogen) atoms. The fourth-order valence-corrected chi connectivity index (χ4v) is 3.42. The summed E-state index contributed by atoms with van der Waals surface area (Å²) in [7, 11) is 0. The van der Waals surface area contributed by atoms with Crippen molar-refractivity contribution in [2.24, 2.45) is 0 Å². The van der Waals surface area contributed by atoms with Crippen LogP contribution in [0.2, 0.25) is 0 Å². The Bertz CT molecular complexity index is 862. The highest BCUT2D eigenvalue weighted by molar-refractivity contribution is 8.00. The third-order valence-electron chi connectivity index (χ3n) is 3.76. The van der Waals surface area contributed by atoms with Crippen molar-refractivity contribution < 1.29 is 4.79 Å². The maximum absolute atomic E-state index is 12.3. The number of benzene rings is 2. The van der Waals surface area contributed by atoms with Crippen LogP contribution in [0.1, 0.15) is 20.8 Å². The fourth-order valence-electron chi connectivity index (χ4n) is 2.54. The summed E-state index contributed by atoms with van der Waals surface area (Å²) in [5, 5.41) is 12.1. The van der Waals surface area contributed by atoms with Crippen LogP contribution in [0.4, 0.5) is 0 Å². The van der Waals surface area contributed by atoms with Crippen LogP contribution in [0, 0.1) is 0 Å². The number of para-hydroxylation sites is 1. The number of aromatic nitrogens is 3. The number of hydrogen-bond acceptors (Lipinski definition) is 4. The van der Waals surface area contributed by atoms with Gasteiger partial charge < -0.3 is 5.32 Å². The summed E-state index contributed by atoms with van der Waals surface area (Å²) in [6, 6.07) is 20.0. The molecule has 2 aromatic carbocycles. The topological polar surface area (TPSA) is 59.8 Å². The van der Waals surface area contributed by atoms with E-state index >= 15 is 0 Å². The lowest BCUT2D eigenvalue weighted by molar-refractivity contribution is -0.120. The molecule has 1 unspecified atom stereocenters. The van der Waals surface area contributed by atoms with E-state index in [1.54, 1.807) is 0 Å². The summed E-state index contributed by atoms with van der Waals surface area (Å²) in [6.07, 6.45) is 0. The predicted octanol–water partition coefficient (Wildman–Crippen LogP) is 3.94. The molecule has 0 spiro atoms. The summed E-state index contributed by atoms with van der Waals surface area (Å²) >= 11 is 1.41. The minimum absolute atomic E-state index is 0.00567. The van der Waals surface area contributed by atoms with Crippen molar-refractivity contribution in [3.63, 3.8) is 0 Å². The molecule has 6 heteroatoms. The van der Waals surface area contributed by atoms with Crippen molar-refractivity contribution in [1.82, 2.24) is 20.1 Å². The van der Waals surface area contributed by atoms with E-state index in [2.05, 4.69) is 15.5 Å². The number of rotatable bonds is 6. The molecule has 0 radical (unpaired) electrons. The average Bonchev–Trinajstić information content (AvgIpc) is 3.06. The molecule has 0 aliphatic carbocycles. The Kier molecular flexibility index (Phi) is 5.73.